The van der Waals surface area contributed by atoms with Crippen molar-refractivity contribution in [1.29, 1.82) is 0 Å². The Kier molecular flexibility index (Phi) is 4.39. The van der Waals surface area contributed by atoms with Crippen LogP contribution in [0.15, 0.2) is 0 Å². The molecule has 1 aliphatic rings. The standard InChI is InChI=1S/C11H16O2/c1-2-3-9-13-11(12)10-7-5-4-6-8-10/h10H,4-9H2,1H3. The maximum absolute atomic E-state index is 11.4. The van der Waals surface area contributed by atoms with Gasteiger partial charge in [0.15, 0.2) is 6.61 Å². The normalized spacial score (nSPS) is 17.3. The molecule has 0 saturated heterocycles. The number of esters is 1. The van der Waals surface area contributed by atoms with Gasteiger partial charge in [-0.3, -0.25) is 4.79 Å². The second-order valence-electron chi connectivity index (χ2n) is 3.37. The molecule has 2 nitrogen and oxygen atoms in total. The van der Waals surface area contributed by atoms with Gasteiger partial charge in [-0.05, 0) is 19.8 Å². The van der Waals surface area contributed by atoms with Gasteiger partial charge in [0.1, 0.15) is 0 Å². The van der Waals surface area contributed by atoms with Crippen LogP contribution in [-0.4, -0.2) is 12.6 Å². The van der Waals surface area contributed by atoms with Crippen molar-refractivity contribution in [3.05, 3.63) is 0 Å². The summed E-state index contributed by atoms with van der Waals surface area (Å²) in [5.74, 6) is 5.52. The fourth-order valence-corrected chi connectivity index (χ4v) is 1.64. The van der Waals surface area contributed by atoms with Gasteiger partial charge in [0, 0.05) is 0 Å². The third-order valence-corrected chi connectivity index (χ3v) is 2.40. The van der Waals surface area contributed by atoms with Crippen LogP contribution < -0.4 is 0 Å². The summed E-state index contributed by atoms with van der Waals surface area (Å²) in [4.78, 5) is 11.4. The zero-order valence-electron chi connectivity index (χ0n) is 8.14. The van der Waals surface area contributed by atoms with Crippen LogP contribution >= 0.6 is 0 Å². The average Bonchev–Trinajstić information content (AvgIpc) is 2.19. The van der Waals surface area contributed by atoms with Crippen LogP contribution in [0.1, 0.15) is 39.0 Å². The molecule has 0 amide bonds. The number of hydrogen-bond donors (Lipinski definition) is 0. The first kappa shape index (κ1) is 10.1. The van der Waals surface area contributed by atoms with E-state index in [0.717, 1.165) is 12.8 Å². The third-order valence-electron chi connectivity index (χ3n) is 2.40. The molecule has 72 valence electrons. The van der Waals surface area contributed by atoms with Gasteiger partial charge in [-0.2, -0.15) is 0 Å². The maximum atomic E-state index is 11.4. The summed E-state index contributed by atoms with van der Waals surface area (Å²) in [6.07, 6.45) is 5.59. The van der Waals surface area contributed by atoms with Crippen LogP contribution in [-0.2, 0) is 9.53 Å². The minimum absolute atomic E-state index is 0.0533. The summed E-state index contributed by atoms with van der Waals surface area (Å²) < 4.78 is 5.01. The van der Waals surface area contributed by atoms with Crippen molar-refractivity contribution in [2.75, 3.05) is 6.61 Å². The van der Waals surface area contributed by atoms with Crippen LogP contribution in [0, 0.1) is 17.8 Å². The number of hydrogen-bond acceptors (Lipinski definition) is 2. The van der Waals surface area contributed by atoms with Crippen molar-refractivity contribution in [3.8, 4) is 11.8 Å². The molecule has 0 heterocycles. The van der Waals surface area contributed by atoms with Crippen LogP contribution in [0.5, 0.6) is 0 Å². The van der Waals surface area contributed by atoms with Crippen LogP contribution in [0.4, 0.5) is 0 Å². The molecule has 13 heavy (non-hydrogen) atoms. The van der Waals surface area contributed by atoms with Gasteiger partial charge in [0.05, 0.1) is 5.92 Å². The van der Waals surface area contributed by atoms with Crippen molar-refractivity contribution in [1.82, 2.24) is 0 Å². The minimum Gasteiger partial charge on any atom is -0.452 e. The SMILES string of the molecule is CC#CCOC(=O)C1CCCCC1. The zero-order chi connectivity index (χ0) is 9.52. The average molecular weight is 180 g/mol. The first-order chi connectivity index (χ1) is 6.34. The van der Waals surface area contributed by atoms with Gasteiger partial charge in [-0.1, -0.05) is 25.2 Å². The number of carbonyl (C=O) groups excluding carboxylic acids is 1. The molecule has 0 aromatic carbocycles. The van der Waals surface area contributed by atoms with Gasteiger partial charge in [0.25, 0.3) is 0 Å². The number of rotatable bonds is 2. The summed E-state index contributed by atoms with van der Waals surface area (Å²) >= 11 is 0. The molecule has 1 rings (SSSR count). The summed E-state index contributed by atoms with van der Waals surface area (Å²) in [5.41, 5.74) is 0. The molecule has 1 saturated carbocycles. The molecule has 0 atom stereocenters. The third kappa shape index (κ3) is 3.50. The van der Waals surface area contributed by atoms with Gasteiger partial charge in [0.2, 0.25) is 0 Å². The smallest absolute Gasteiger partial charge is 0.309 e. The van der Waals surface area contributed by atoms with E-state index in [1.54, 1.807) is 6.92 Å². The number of ether oxygens (including phenoxy) is 1. The Labute approximate surface area is 79.7 Å². The van der Waals surface area contributed by atoms with E-state index in [4.69, 9.17) is 4.74 Å². The molecule has 1 aliphatic carbocycles. The van der Waals surface area contributed by atoms with E-state index in [1.807, 2.05) is 0 Å². The maximum Gasteiger partial charge on any atom is 0.309 e. The highest BCUT2D eigenvalue weighted by molar-refractivity contribution is 5.72. The second kappa shape index (κ2) is 5.64. The topological polar surface area (TPSA) is 26.3 Å². The van der Waals surface area contributed by atoms with E-state index < -0.39 is 0 Å². The molecule has 0 aromatic heterocycles. The lowest BCUT2D eigenvalue weighted by Crippen LogP contribution is -2.20. The van der Waals surface area contributed by atoms with E-state index in [0.29, 0.717) is 0 Å². The molecule has 0 radical (unpaired) electrons. The lowest BCUT2D eigenvalue weighted by Gasteiger charge is -2.19. The van der Waals surface area contributed by atoms with Crippen molar-refractivity contribution < 1.29 is 9.53 Å². The minimum atomic E-state index is -0.0533. The quantitative estimate of drug-likeness (QED) is 0.480. The molecule has 0 unspecified atom stereocenters. The van der Waals surface area contributed by atoms with Crippen molar-refractivity contribution >= 4 is 5.97 Å². The summed E-state index contributed by atoms with van der Waals surface area (Å²) in [6, 6.07) is 0. The number of carbonyl (C=O) groups is 1. The molecule has 2 heteroatoms. The Balaban J connectivity index is 2.23. The molecule has 0 aromatic rings. The Morgan fingerprint density at radius 3 is 2.69 bits per heavy atom. The molecular formula is C11H16O2. The Morgan fingerprint density at radius 1 is 1.38 bits per heavy atom. The second-order valence-corrected chi connectivity index (χ2v) is 3.37. The summed E-state index contributed by atoms with van der Waals surface area (Å²) in [6.45, 7) is 2.00. The van der Waals surface area contributed by atoms with Gasteiger partial charge in [-0.15, -0.1) is 5.92 Å². The fraction of sp³-hybridized carbons (Fsp3) is 0.727. The first-order valence-corrected chi connectivity index (χ1v) is 4.91. The molecule has 1 fully saturated rings. The lowest BCUT2D eigenvalue weighted by molar-refractivity contribution is -0.148. The van der Waals surface area contributed by atoms with Crippen LogP contribution in [0.2, 0.25) is 0 Å². The van der Waals surface area contributed by atoms with Crippen molar-refractivity contribution in [2.45, 2.75) is 39.0 Å². The Bertz CT molecular complexity index is 216. The monoisotopic (exact) mass is 180 g/mol. The first-order valence-electron chi connectivity index (χ1n) is 4.91. The van der Waals surface area contributed by atoms with E-state index in [9.17, 15) is 4.79 Å². The Morgan fingerprint density at radius 2 is 2.08 bits per heavy atom. The van der Waals surface area contributed by atoms with E-state index in [-0.39, 0.29) is 18.5 Å². The molecule has 0 N–H and O–H groups in total. The molecular weight excluding hydrogens is 164 g/mol. The van der Waals surface area contributed by atoms with E-state index in [2.05, 4.69) is 11.8 Å². The highest BCUT2D eigenvalue weighted by Crippen LogP contribution is 2.24. The van der Waals surface area contributed by atoms with Gasteiger partial charge >= 0.3 is 5.97 Å². The van der Waals surface area contributed by atoms with Gasteiger partial charge in [-0.25, -0.2) is 0 Å². The largest absolute Gasteiger partial charge is 0.452 e. The zero-order valence-corrected chi connectivity index (χ0v) is 8.14. The van der Waals surface area contributed by atoms with Crippen LogP contribution in [0.25, 0.3) is 0 Å². The molecule has 0 bridgehead atoms. The molecule has 0 spiro atoms. The van der Waals surface area contributed by atoms with Crippen LogP contribution in [0.3, 0.4) is 0 Å². The van der Waals surface area contributed by atoms with E-state index >= 15 is 0 Å². The molecule has 0 aliphatic heterocycles. The highest BCUT2D eigenvalue weighted by atomic mass is 16.5. The predicted octanol–water partition coefficient (Wildman–Crippen LogP) is 2.13. The Hall–Kier alpha value is -0.970. The fourth-order valence-electron chi connectivity index (χ4n) is 1.64. The van der Waals surface area contributed by atoms with Crippen molar-refractivity contribution in [3.63, 3.8) is 0 Å². The summed E-state index contributed by atoms with van der Waals surface area (Å²) in [7, 11) is 0. The highest BCUT2D eigenvalue weighted by Gasteiger charge is 2.21. The predicted molar refractivity (Wildman–Crippen MR) is 51.0 cm³/mol. The van der Waals surface area contributed by atoms with Gasteiger partial charge < -0.3 is 4.74 Å². The van der Waals surface area contributed by atoms with Crippen molar-refractivity contribution in [2.24, 2.45) is 5.92 Å². The summed E-state index contributed by atoms with van der Waals surface area (Å²) in [5, 5.41) is 0. The van der Waals surface area contributed by atoms with E-state index in [1.165, 1.54) is 19.3 Å². The lowest BCUT2D eigenvalue weighted by atomic mass is 9.89.